The molecule has 3 aromatic rings. The van der Waals surface area contributed by atoms with E-state index in [-0.39, 0.29) is 0 Å². The van der Waals surface area contributed by atoms with Gasteiger partial charge in [0.2, 0.25) is 0 Å². The number of aryl methyl sites for hydroxylation is 3. The van der Waals surface area contributed by atoms with E-state index in [0.29, 0.717) is 13.1 Å². The largest absolute Gasteiger partial charge is 0.357 e. The second kappa shape index (κ2) is 8.94. The zero-order chi connectivity index (χ0) is 21.0. The van der Waals surface area contributed by atoms with Gasteiger partial charge in [0.25, 0.3) is 0 Å². The molecule has 0 fully saturated rings. The summed E-state index contributed by atoms with van der Waals surface area (Å²) in [5.74, 6) is 0.793. The summed E-state index contributed by atoms with van der Waals surface area (Å²) in [6.07, 6.45) is 0. The number of benzene rings is 1. The van der Waals surface area contributed by atoms with Crippen LogP contribution < -0.4 is 10.6 Å². The van der Waals surface area contributed by atoms with Crippen molar-refractivity contribution in [3.63, 3.8) is 0 Å². The van der Waals surface area contributed by atoms with Gasteiger partial charge in [-0.25, -0.2) is 9.67 Å². The van der Waals surface area contributed by atoms with Crippen LogP contribution in [0.15, 0.2) is 35.3 Å². The first-order valence-electron chi connectivity index (χ1n) is 10.0. The minimum Gasteiger partial charge on any atom is -0.357 e. The van der Waals surface area contributed by atoms with Gasteiger partial charge in [-0.15, -0.1) is 0 Å². The molecule has 0 saturated carbocycles. The molecule has 3 rings (SSSR count). The Morgan fingerprint density at radius 2 is 1.62 bits per heavy atom. The van der Waals surface area contributed by atoms with Crippen molar-refractivity contribution in [2.45, 2.75) is 47.7 Å². The van der Waals surface area contributed by atoms with E-state index < -0.39 is 0 Å². The molecule has 2 aromatic heterocycles. The Balaban J connectivity index is 1.76. The zero-order valence-corrected chi connectivity index (χ0v) is 18.2. The van der Waals surface area contributed by atoms with Crippen LogP contribution in [0.4, 0.5) is 0 Å². The number of aromatic nitrogens is 4. The highest BCUT2D eigenvalue weighted by molar-refractivity contribution is 5.79. The summed E-state index contributed by atoms with van der Waals surface area (Å²) in [5.41, 5.74) is 7.77. The lowest BCUT2D eigenvalue weighted by molar-refractivity contribution is 0.730. The highest BCUT2D eigenvalue weighted by Gasteiger charge is 2.14. The van der Waals surface area contributed by atoms with Crippen molar-refractivity contribution in [2.75, 3.05) is 6.54 Å². The Morgan fingerprint density at radius 1 is 0.931 bits per heavy atom. The van der Waals surface area contributed by atoms with Crippen molar-refractivity contribution in [1.29, 1.82) is 0 Å². The second-order valence-electron chi connectivity index (χ2n) is 7.22. The Kier molecular flexibility index (Phi) is 6.36. The summed E-state index contributed by atoms with van der Waals surface area (Å²) in [6, 6.07) is 10.2. The normalized spacial score (nSPS) is 11.7. The van der Waals surface area contributed by atoms with Crippen LogP contribution in [-0.4, -0.2) is 32.1 Å². The topological polar surface area (TPSA) is 72.1 Å². The molecule has 0 atom stereocenters. The van der Waals surface area contributed by atoms with Crippen LogP contribution >= 0.6 is 0 Å². The molecule has 2 N–H and O–H groups in total. The van der Waals surface area contributed by atoms with Crippen LogP contribution in [0, 0.1) is 27.7 Å². The van der Waals surface area contributed by atoms with Crippen molar-refractivity contribution >= 4 is 5.96 Å². The Labute approximate surface area is 172 Å². The zero-order valence-electron chi connectivity index (χ0n) is 18.2. The molecule has 7 heteroatoms. The molecule has 0 aliphatic rings. The molecule has 0 spiro atoms. The summed E-state index contributed by atoms with van der Waals surface area (Å²) in [6.45, 7) is 12.4. The van der Waals surface area contributed by atoms with E-state index >= 15 is 0 Å². The number of nitrogens with zero attached hydrogens (tertiary/aromatic N) is 5. The van der Waals surface area contributed by atoms with Gasteiger partial charge in [0, 0.05) is 42.7 Å². The molecule has 2 heterocycles. The molecule has 7 nitrogen and oxygen atoms in total. The van der Waals surface area contributed by atoms with Gasteiger partial charge in [0.1, 0.15) is 0 Å². The molecular formula is C22H31N7. The first-order valence-corrected chi connectivity index (χ1v) is 10.0. The molecular weight excluding hydrogens is 362 g/mol. The summed E-state index contributed by atoms with van der Waals surface area (Å²) >= 11 is 0. The molecule has 0 radical (unpaired) electrons. The van der Waals surface area contributed by atoms with E-state index in [4.69, 9.17) is 10.1 Å². The lowest BCUT2D eigenvalue weighted by Crippen LogP contribution is -2.37. The van der Waals surface area contributed by atoms with Crippen LogP contribution in [0.1, 0.15) is 40.8 Å². The number of para-hydroxylation sites is 1. The molecule has 0 bridgehead atoms. The van der Waals surface area contributed by atoms with E-state index in [1.54, 1.807) is 0 Å². The molecule has 0 unspecified atom stereocenters. The van der Waals surface area contributed by atoms with Gasteiger partial charge < -0.3 is 10.6 Å². The highest BCUT2D eigenvalue weighted by Crippen LogP contribution is 2.18. The van der Waals surface area contributed by atoms with E-state index in [2.05, 4.69) is 55.6 Å². The molecule has 154 valence electrons. The fourth-order valence-corrected chi connectivity index (χ4v) is 3.47. The Bertz CT molecular complexity index is 996. The number of guanidine groups is 1. The van der Waals surface area contributed by atoms with E-state index in [0.717, 1.165) is 41.0 Å². The minimum absolute atomic E-state index is 0.599. The third-order valence-corrected chi connectivity index (χ3v) is 5.27. The molecule has 0 amide bonds. The third kappa shape index (κ3) is 4.50. The van der Waals surface area contributed by atoms with Gasteiger partial charge in [0.15, 0.2) is 5.96 Å². The van der Waals surface area contributed by atoms with Crippen molar-refractivity contribution in [3.05, 3.63) is 64.2 Å². The Morgan fingerprint density at radius 3 is 2.24 bits per heavy atom. The third-order valence-electron chi connectivity index (χ3n) is 5.27. The average molecular weight is 394 g/mol. The maximum absolute atomic E-state index is 4.77. The number of nitrogens with one attached hydrogen (secondary N) is 2. The predicted octanol–water partition coefficient (Wildman–Crippen LogP) is 3.09. The van der Waals surface area contributed by atoms with Crippen molar-refractivity contribution < 1.29 is 0 Å². The van der Waals surface area contributed by atoms with Gasteiger partial charge in [-0.2, -0.15) is 10.2 Å². The quantitative estimate of drug-likeness (QED) is 0.499. The molecule has 29 heavy (non-hydrogen) atoms. The van der Waals surface area contributed by atoms with Gasteiger partial charge in [-0.1, -0.05) is 18.2 Å². The molecule has 0 aliphatic carbocycles. The van der Waals surface area contributed by atoms with Crippen LogP contribution in [0.25, 0.3) is 5.69 Å². The molecule has 0 saturated heterocycles. The SMILES string of the molecule is CCNC(=NCc1c(C)nn(C)c1C)NCc1c(C)nn(-c2ccccc2)c1C. The van der Waals surface area contributed by atoms with Crippen molar-refractivity contribution in [2.24, 2.45) is 12.0 Å². The minimum atomic E-state index is 0.599. The van der Waals surface area contributed by atoms with Crippen LogP contribution in [0.5, 0.6) is 0 Å². The predicted molar refractivity (Wildman–Crippen MR) is 117 cm³/mol. The Hall–Kier alpha value is -3.09. The summed E-state index contributed by atoms with van der Waals surface area (Å²) in [7, 11) is 1.97. The summed E-state index contributed by atoms with van der Waals surface area (Å²) < 4.78 is 3.91. The first-order chi connectivity index (χ1) is 13.9. The second-order valence-corrected chi connectivity index (χ2v) is 7.22. The fourth-order valence-electron chi connectivity index (χ4n) is 3.47. The number of rotatable bonds is 6. The smallest absolute Gasteiger partial charge is 0.191 e. The number of hydrogen-bond donors (Lipinski definition) is 2. The molecule has 0 aliphatic heterocycles. The lowest BCUT2D eigenvalue weighted by atomic mass is 10.2. The lowest BCUT2D eigenvalue weighted by Gasteiger charge is -2.12. The van der Waals surface area contributed by atoms with E-state index in [1.807, 2.05) is 41.5 Å². The summed E-state index contributed by atoms with van der Waals surface area (Å²) in [5, 5.41) is 16.0. The van der Waals surface area contributed by atoms with Gasteiger partial charge in [-0.05, 0) is 46.8 Å². The van der Waals surface area contributed by atoms with Crippen LogP contribution in [0.3, 0.4) is 0 Å². The standard InChI is InChI=1S/C22H31N7/c1-7-23-22(24-13-20-15(2)26-28(6)17(20)4)25-14-21-16(3)27-29(18(21)5)19-11-9-8-10-12-19/h8-12H,7,13-14H2,1-6H3,(H2,23,24,25). The van der Waals surface area contributed by atoms with Gasteiger partial charge in [-0.3, -0.25) is 4.68 Å². The highest BCUT2D eigenvalue weighted by atomic mass is 15.3. The summed E-state index contributed by atoms with van der Waals surface area (Å²) in [4.78, 5) is 4.77. The van der Waals surface area contributed by atoms with E-state index in [9.17, 15) is 0 Å². The van der Waals surface area contributed by atoms with Crippen molar-refractivity contribution in [3.8, 4) is 5.69 Å². The number of aliphatic imine (C=N–C) groups is 1. The van der Waals surface area contributed by atoms with Crippen LogP contribution in [0.2, 0.25) is 0 Å². The van der Waals surface area contributed by atoms with Crippen LogP contribution in [-0.2, 0) is 20.1 Å². The number of hydrogen-bond acceptors (Lipinski definition) is 3. The first kappa shape index (κ1) is 20.6. The molecule has 1 aromatic carbocycles. The van der Waals surface area contributed by atoms with Crippen molar-refractivity contribution in [1.82, 2.24) is 30.2 Å². The fraction of sp³-hybridized carbons (Fsp3) is 0.409. The monoisotopic (exact) mass is 393 g/mol. The van der Waals surface area contributed by atoms with Gasteiger partial charge >= 0.3 is 0 Å². The average Bonchev–Trinajstić information content (AvgIpc) is 3.13. The maximum Gasteiger partial charge on any atom is 0.191 e. The van der Waals surface area contributed by atoms with E-state index in [1.165, 1.54) is 11.1 Å². The maximum atomic E-state index is 4.77. The van der Waals surface area contributed by atoms with Gasteiger partial charge in [0.05, 0.1) is 23.6 Å².